The van der Waals surface area contributed by atoms with Gasteiger partial charge in [0.15, 0.2) is 0 Å². The highest BCUT2D eigenvalue weighted by atomic mass is 32.2. The van der Waals surface area contributed by atoms with Gasteiger partial charge in [-0.25, -0.2) is 4.79 Å². The topological polar surface area (TPSA) is 124 Å². The summed E-state index contributed by atoms with van der Waals surface area (Å²) in [7, 11) is 0. The van der Waals surface area contributed by atoms with Crippen molar-refractivity contribution in [2.75, 3.05) is 5.75 Å². The van der Waals surface area contributed by atoms with E-state index in [1.54, 1.807) is 0 Å². The summed E-state index contributed by atoms with van der Waals surface area (Å²) in [5.41, 5.74) is -0.0554. The molecular formula is C12H14N2O6S. The highest BCUT2D eigenvalue weighted by Gasteiger charge is 2.52. The first-order chi connectivity index (χ1) is 9.91. The molecule has 0 aromatic rings. The van der Waals surface area contributed by atoms with Crippen molar-refractivity contribution < 1.29 is 29.4 Å². The minimum absolute atomic E-state index is 0.0229. The average molecular weight is 314 g/mol. The Kier molecular flexibility index (Phi) is 4.51. The minimum atomic E-state index is -1.17. The van der Waals surface area contributed by atoms with Gasteiger partial charge in [-0.05, 0) is 12.5 Å². The van der Waals surface area contributed by atoms with Crippen molar-refractivity contribution in [2.45, 2.75) is 30.7 Å². The molecule has 2 amide bonds. The summed E-state index contributed by atoms with van der Waals surface area (Å²) in [5.74, 6) is -2.54. The molecule has 0 radical (unpaired) electrons. The number of hydrogen-bond acceptors (Lipinski definition) is 5. The fourth-order valence-corrected chi connectivity index (χ4v) is 3.38. The summed E-state index contributed by atoms with van der Waals surface area (Å²) < 4.78 is 0. The Labute approximate surface area is 124 Å². The average Bonchev–Trinajstić information content (AvgIpc) is 2.43. The van der Waals surface area contributed by atoms with Crippen molar-refractivity contribution in [3.05, 3.63) is 11.8 Å². The van der Waals surface area contributed by atoms with Crippen molar-refractivity contribution in [1.29, 1.82) is 0 Å². The summed E-state index contributed by atoms with van der Waals surface area (Å²) in [6, 6.07) is -0.740. The monoisotopic (exact) mass is 314 g/mol. The number of carboxylic acids is 2. The van der Waals surface area contributed by atoms with Crippen LogP contribution in [-0.4, -0.2) is 56.0 Å². The van der Waals surface area contributed by atoms with E-state index in [4.69, 9.17) is 10.2 Å². The third-order valence-corrected chi connectivity index (χ3v) is 4.36. The van der Waals surface area contributed by atoms with E-state index in [-0.39, 0.29) is 25.0 Å². The SMILES string of the molecule is O=C(O)CCCC(=O)N[C@@H]1C(=O)N2C(C(=O)O)=CCS[C@H]12. The number of aliphatic carboxylic acids is 2. The number of nitrogens with zero attached hydrogens (tertiary/aromatic N) is 1. The number of thioether (sulfide) groups is 1. The van der Waals surface area contributed by atoms with Gasteiger partial charge in [-0.15, -0.1) is 11.8 Å². The van der Waals surface area contributed by atoms with Crippen molar-refractivity contribution >= 4 is 35.5 Å². The number of carbonyl (C=O) groups excluding carboxylic acids is 2. The lowest BCUT2D eigenvalue weighted by molar-refractivity contribution is -0.150. The molecule has 0 aliphatic carbocycles. The lowest BCUT2D eigenvalue weighted by Crippen LogP contribution is -2.70. The van der Waals surface area contributed by atoms with Crippen molar-refractivity contribution in [3.63, 3.8) is 0 Å². The summed E-state index contributed by atoms with van der Waals surface area (Å²) in [4.78, 5) is 46.1. The number of rotatable bonds is 6. The molecule has 8 nitrogen and oxygen atoms in total. The molecule has 0 aromatic carbocycles. The molecule has 21 heavy (non-hydrogen) atoms. The number of fused-ring (bicyclic) bond motifs is 1. The standard InChI is InChI=1S/C12H14N2O6S/c15-7(2-1-3-8(16)17)13-9-10(18)14-6(12(19)20)4-5-21-11(9)14/h4,9,11H,1-3,5H2,(H,13,15)(H,16,17)(H,19,20)/t9-,11-/m1/s1. The van der Waals surface area contributed by atoms with Crippen molar-refractivity contribution in [3.8, 4) is 0 Å². The lowest BCUT2D eigenvalue weighted by atomic mass is 10.0. The Balaban J connectivity index is 1.88. The first kappa shape index (κ1) is 15.4. The van der Waals surface area contributed by atoms with Crippen LogP contribution in [-0.2, 0) is 19.2 Å². The van der Waals surface area contributed by atoms with E-state index in [0.717, 1.165) is 0 Å². The second kappa shape index (κ2) is 6.17. The zero-order valence-electron chi connectivity index (χ0n) is 10.9. The first-order valence-electron chi connectivity index (χ1n) is 6.31. The molecule has 0 aromatic heterocycles. The summed E-state index contributed by atoms with van der Waals surface area (Å²) in [5, 5.41) is 19.6. The minimum Gasteiger partial charge on any atom is -0.481 e. The molecule has 2 atom stereocenters. The van der Waals surface area contributed by atoms with Gasteiger partial charge in [0.2, 0.25) is 5.91 Å². The smallest absolute Gasteiger partial charge is 0.352 e. The fourth-order valence-electron chi connectivity index (χ4n) is 2.18. The molecule has 0 bridgehead atoms. The zero-order chi connectivity index (χ0) is 15.6. The van der Waals surface area contributed by atoms with Gasteiger partial charge in [-0.1, -0.05) is 0 Å². The third kappa shape index (κ3) is 3.18. The Morgan fingerprint density at radius 1 is 1.33 bits per heavy atom. The van der Waals surface area contributed by atoms with Gasteiger partial charge in [0, 0.05) is 18.6 Å². The van der Waals surface area contributed by atoms with E-state index in [1.165, 1.54) is 22.7 Å². The molecule has 0 spiro atoms. The van der Waals surface area contributed by atoms with Crippen LogP contribution < -0.4 is 5.32 Å². The van der Waals surface area contributed by atoms with Crippen LogP contribution in [0.5, 0.6) is 0 Å². The highest BCUT2D eigenvalue weighted by Crippen LogP contribution is 2.37. The van der Waals surface area contributed by atoms with Crippen molar-refractivity contribution in [1.82, 2.24) is 10.2 Å². The third-order valence-electron chi connectivity index (χ3n) is 3.18. The highest BCUT2D eigenvalue weighted by molar-refractivity contribution is 8.00. The maximum Gasteiger partial charge on any atom is 0.352 e. The molecule has 2 aliphatic rings. The van der Waals surface area contributed by atoms with Crippen LogP contribution in [0.25, 0.3) is 0 Å². The number of amides is 2. The molecule has 0 saturated carbocycles. The van der Waals surface area contributed by atoms with E-state index in [1.807, 2.05) is 0 Å². The molecule has 1 saturated heterocycles. The van der Waals surface area contributed by atoms with E-state index in [0.29, 0.717) is 5.75 Å². The molecule has 9 heteroatoms. The van der Waals surface area contributed by atoms with Gasteiger partial charge >= 0.3 is 11.9 Å². The number of carbonyl (C=O) groups is 4. The number of nitrogens with one attached hydrogen (secondary N) is 1. The first-order valence-corrected chi connectivity index (χ1v) is 7.36. The number of β-lactam (4-membered cyclic amide) rings is 1. The molecule has 2 aliphatic heterocycles. The maximum atomic E-state index is 11.9. The van der Waals surface area contributed by atoms with Gasteiger partial charge in [0.05, 0.1) is 0 Å². The Morgan fingerprint density at radius 3 is 2.67 bits per heavy atom. The van der Waals surface area contributed by atoms with Crippen LogP contribution >= 0.6 is 11.8 Å². The molecule has 2 rings (SSSR count). The van der Waals surface area contributed by atoms with E-state index < -0.39 is 35.2 Å². The molecule has 114 valence electrons. The fraction of sp³-hybridized carbons (Fsp3) is 0.500. The number of carboxylic acid groups (broad SMARTS) is 2. The zero-order valence-corrected chi connectivity index (χ0v) is 11.8. The van der Waals surface area contributed by atoms with E-state index in [9.17, 15) is 19.2 Å². The van der Waals surface area contributed by atoms with Crippen LogP contribution in [0.3, 0.4) is 0 Å². The van der Waals surface area contributed by atoms with Crippen LogP contribution in [0, 0.1) is 0 Å². The van der Waals surface area contributed by atoms with Gasteiger partial charge in [-0.2, -0.15) is 0 Å². The Hall–Kier alpha value is -2.03. The quantitative estimate of drug-likeness (QED) is 0.570. The van der Waals surface area contributed by atoms with Gasteiger partial charge in [-0.3, -0.25) is 19.3 Å². The van der Waals surface area contributed by atoms with E-state index >= 15 is 0 Å². The normalized spacial score (nSPS) is 23.7. The summed E-state index contributed by atoms with van der Waals surface area (Å²) in [6.45, 7) is 0. The predicted molar refractivity (Wildman–Crippen MR) is 72.2 cm³/mol. The second-order valence-corrected chi connectivity index (χ2v) is 5.77. The molecule has 0 unspecified atom stereocenters. The largest absolute Gasteiger partial charge is 0.481 e. The maximum absolute atomic E-state index is 11.9. The van der Waals surface area contributed by atoms with Gasteiger partial charge < -0.3 is 15.5 Å². The Bertz CT molecular complexity index is 532. The molecule has 1 fully saturated rings. The molecule has 3 N–H and O–H groups in total. The van der Waals surface area contributed by atoms with Crippen LogP contribution in [0.4, 0.5) is 0 Å². The molecule has 2 heterocycles. The van der Waals surface area contributed by atoms with E-state index in [2.05, 4.69) is 5.32 Å². The second-order valence-electron chi connectivity index (χ2n) is 4.62. The van der Waals surface area contributed by atoms with Crippen molar-refractivity contribution in [2.24, 2.45) is 0 Å². The Morgan fingerprint density at radius 2 is 2.05 bits per heavy atom. The summed E-state index contributed by atoms with van der Waals surface area (Å²) >= 11 is 1.37. The number of hydrogen-bond donors (Lipinski definition) is 3. The lowest BCUT2D eigenvalue weighted by Gasteiger charge is -2.48. The van der Waals surface area contributed by atoms with Gasteiger partial charge in [0.1, 0.15) is 17.1 Å². The van der Waals surface area contributed by atoms with Gasteiger partial charge in [0.25, 0.3) is 5.91 Å². The predicted octanol–water partition coefficient (Wildman–Crippen LogP) is -0.390. The summed E-state index contributed by atoms with van der Waals surface area (Å²) in [6.07, 6.45) is 1.58. The van der Waals surface area contributed by atoms with Crippen LogP contribution in [0.1, 0.15) is 19.3 Å². The molecular weight excluding hydrogens is 300 g/mol. The van der Waals surface area contributed by atoms with Crippen LogP contribution in [0.2, 0.25) is 0 Å². The van der Waals surface area contributed by atoms with Crippen LogP contribution in [0.15, 0.2) is 11.8 Å².